The number of anilines is 1. The number of carbonyl (C=O) groups excluding carboxylic acids is 2. The Hall–Kier alpha value is -3.02. The van der Waals surface area contributed by atoms with Crippen LogP contribution in [0.3, 0.4) is 0 Å². The Bertz CT molecular complexity index is 673. The van der Waals surface area contributed by atoms with Crippen molar-refractivity contribution in [2.45, 2.75) is 6.54 Å². The summed E-state index contributed by atoms with van der Waals surface area (Å²) in [6.07, 6.45) is -1.07. The molecule has 2 rings (SSSR count). The summed E-state index contributed by atoms with van der Waals surface area (Å²) in [6.45, 7) is 0.444. The van der Waals surface area contributed by atoms with Crippen molar-refractivity contribution in [3.05, 3.63) is 60.2 Å². The summed E-state index contributed by atoms with van der Waals surface area (Å²) in [5, 5.41) is 2.51. The van der Waals surface area contributed by atoms with Crippen molar-refractivity contribution in [1.82, 2.24) is 4.90 Å². The predicted octanol–water partition coefficient (Wildman–Crippen LogP) is 3.50. The maximum Gasteiger partial charge on any atom is 0.415 e. The van der Waals surface area contributed by atoms with Crippen LogP contribution < -0.4 is 10.1 Å². The summed E-state index contributed by atoms with van der Waals surface area (Å²) < 4.78 is 9.81. The molecule has 2 amide bonds. The number of hydrogen-bond donors (Lipinski definition) is 1. The maximum atomic E-state index is 12.1. The summed E-state index contributed by atoms with van der Waals surface area (Å²) in [6, 6.07) is 16.1. The minimum Gasteiger partial charge on any atom is -0.453 e. The van der Waals surface area contributed by atoms with Crippen LogP contribution in [0.4, 0.5) is 15.3 Å². The van der Waals surface area contributed by atoms with Crippen LogP contribution in [0.1, 0.15) is 5.56 Å². The van der Waals surface area contributed by atoms with Crippen LogP contribution in [-0.4, -0.2) is 31.2 Å². The Morgan fingerprint density at radius 3 is 2.52 bits per heavy atom. The molecule has 0 aliphatic heterocycles. The highest BCUT2D eigenvalue weighted by Crippen LogP contribution is 2.18. The van der Waals surface area contributed by atoms with Gasteiger partial charge in [0.1, 0.15) is 5.75 Å². The first-order chi connectivity index (χ1) is 11.1. The van der Waals surface area contributed by atoms with Crippen LogP contribution in [0.5, 0.6) is 5.75 Å². The first-order valence-electron chi connectivity index (χ1n) is 7.00. The summed E-state index contributed by atoms with van der Waals surface area (Å²) in [7, 11) is 2.93. The second-order valence-electron chi connectivity index (χ2n) is 4.85. The van der Waals surface area contributed by atoms with Gasteiger partial charge >= 0.3 is 12.2 Å². The van der Waals surface area contributed by atoms with Gasteiger partial charge in [-0.2, -0.15) is 0 Å². The van der Waals surface area contributed by atoms with Crippen molar-refractivity contribution in [2.24, 2.45) is 0 Å². The van der Waals surface area contributed by atoms with E-state index in [2.05, 4.69) is 10.1 Å². The molecule has 0 saturated carbocycles. The zero-order chi connectivity index (χ0) is 16.7. The molecule has 120 valence electrons. The Balaban J connectivity index is 1.96. The zero-order valence-corrected chi connectivity index (χ0v) is 13.0. The Kier molecular flexibility index (Phi) is 5.57. The molecule has 1 N–H and O–H groups in total. The van der Waals surface area contributed by atoms with E-state index in [9.17, 15) is 9.59 Å². The van der Waals surface area contributed by atoms with E-state index < -0.39 is 12.2 Å². The highest BCUT2D eigenvalue weighted by molar-refractivity contribution is 5.84. The van der Waals surface area contributed by atoms with E-state index in [0.29, 0.717) is 18.0 Å². The lowest BCUT2D eigenvalue weighted by Gasteiger charge is -2.17. The molecule has 0 atom stereocenters. The molecule has 0 radical (unpaired) electrons. The molecule has 6 nitrogen and oxygen atoms in total. The topological polar surface area (TPSA) is 67.9 Å². The van der Waals surface area contributed by atoms with Crippen LogP contribution >= 0.6 is 0 Å². The fraction of sp³-hybridized carbons (Fsp3) is 0.176. The Morgan fingerprint density at radius 2 is 1.83 bits per heavy atom. The van der Waals surface area contributed by atoms with E-state index in [-0.39, 0.29) is 0 Å². The molecular weight excluding hydrogens is 296 g/mol. The summed E-state index contributed by atoms with van der Waals surface area (Å²) in [5.41, 5.74) is 1.49. The largest absolute Gasteiger partial charge is 0.453 e. The van der Waals surface area contributed by atoms with Crippen molar-refractivity contribution >= 4 is 17.9 Å². The minimum atomic E-state index is -0.588. The van der Waals surface area contributed by atoms with E-state index in [1.165, 1.54) is 12.0 Å². The van der Waals surface area contributed by atoms with Crippen molar-refractivity contribution < 1.29 is 19.1 Å². The van der Waals surface area contributed by atoms with Crippen molar-refractivity contribution in [1.29, 1.82) is 0 Å². The number of benzene rings is 2. The van der Waals surface area contributed by atoms with Gasteiger partial charge in [0.2, 0.25) is 0 Å². The fourth-order valence-electron chi connectivity index (χ4n) is 1.91. The van der Waals surface area contributed by atoms with E-state index in [1.54, 1.807) is 31.3 Å². The van der Waals surface area contributed by atoms with Crippen LogP contribution in [-0.2, 0) is 11.3 Å². The van der Waals surface area contributed by atoms with Crippen LogP contribution in [0.2, 0.25) is 0 Å². The van der Waals surface area contributed by atoms with Gasteiger partial charge in [0.15, 0.2) is 0 Å². The van der Waals surface area contributed by atoms with E-state index >= 15 is 0 Å². The van der Waals surface area contributed by atoms with Gasteiger partial charge in [0, 0.05) is 25.3 Å². The first kappa shape index (κ1) is 16.4. The molecule has 0 heterocycles. The molecule has 0 saturated heterocycles. The predicted molar refractivity (Wildman–Crippen MR) is 86.4 cm³/mol. The van der Waals surface area contributed by atoms with Gasteiger partial charge in [-0.25, -0.2) is 9.59 Å². The highest BCUT2D eigenvalue weighted by atomic mass is 16.6. The first-order valence-corrected chi connectivity index (χ1v) is 7.00. The molecule has 2 aromatic rings. The summed E-state index contributed by atoms with van der Waals surface area (Å²) in [4.78, 5) is 24.7. The molecule has 2 aromatic carbocycles. The standard InChI is InChI=1S/C17H18N2O4/c1-19(12-13-7-4-3-5-8-13)17(21)23-15-10-6-9-14(11-15)18-16(20)22-2/h3-11H,12H2,1-2H3,(H,18,20). The third-order valence-electron chi connectivity index (χ3n) is 3.05. The van der Waals surface area contributed by atoms with Gasteiger partial charge in [0.25, 0.3) is 0 Å². The molecule has 0 bridgehead atoms. The van der Waals surface area contributed by atoms with Gasteiger partial charge in [-0.15, -0.1) is 0 Å². The number of nitrogens with one attached hydrogen (secondary N) is 1. The van der Waals surface area contributed by atoms with Crippen LogP contribution in [0.15, 0.2) is 54.6 Å². The third-order valence-corrected chi connectivity index (χ3v) is 3.05. The second kappa shape index (κ2) is 7.84. The number of nitrogens with zero attached hydrogens (tertiary/aromatic N) is 1. The quantitative estimate of drug-likeness (QED) is 0.938. The molecule has 6 heteroatoms. The van der Waals surface area contributed by atoms with E-state index in [0.717, 1.165) is 5.56 Å². The molecule has 0 aromatic heterocycles. The lowest BCUT2D eigenvalue weighted by atomic mass is 10.2. The second-order valence-corrected chi connectivity index (χ2v) is 4.85. The SMILES string of the molecule is COC(=O)Nc1cccc(OC(=O)N(C)Cc2ccccc2)c1. The van der Waals surface area contributed by atoms with Gasteiger partial charge in [-0.1, -0.05) is 36.4 Å². The number of carbonyl (C=O) groups is 2. The molecular formula is C17H18N2O4. The van der Waals surface area contributed by atoms with Gasteiger partial charge < -0.3 is 14.4 Å². The zero-order valence-electron chi connectivity index (χ0n) is 13.0. The van der Waals surface area contributed by atoms with Crippen LogP contribution in [0.25, 0.3) is 0 Å². The number of hydrogen-bond acceptors (Lipinski definition) is 4. The lowest BCUT2D eigenvalue weighted by molar-refractivity contribution is 0.161. The number of rotatable bonds is 4. The molecule has 0 fully saturated rings. The number of amides is 2. The van der Waals surface area contributed by atoms with E-state index in [4.69, 9.17) is 4.74 Å². The van der Waals surface area contributed by atoms with Crippen molar-refractivity contribution in [3.8, 4) is 5.75 Å². The normalized spacial score (nSPS) is 9.83. The summed E-state index contributed by atoms with van der Waals surface area (Å²) >= 11 is 0. The maximum absolute atomic E-state index is 12.1. The van der Waals surface area contributed by atoms with E-state index in [1.807, 2.05) is 30.3 Å². The average Bonchev–Trinajstić information content (AvgIpc) is 2.56. The van der Waals surface area contributed by atoms with Gasteiger partial charge in [-0.05, 0) is 17.7 Å². The Labute approximate surface area is 134 Å². The smallest absolute Gasteiger partial charge is 0.415 e. The van der Waals surface area contributed by atoms with Crippen molar-refractivity contribution in [3.63, 3.8) is 0 Å². The highest BCUT2D eigenvalue weighted by Gasteiger charge is 2.12. The molecule has 0 spiro atoms. The molecule has 0 aliphatic rings. The van der Waals surface area contributed by atoms with Gasteiger partial charge in [0.05, 0.1) is 7.11 Å². The average molecular weight is 314 g/mol. The molecule has 0 unspecified atom stereocenters. The Morgan fingerprint density at radius 1 is 1.09 bits per heavy atom. The lowest BCUT2D eigenvalue weighted by Crippen LogP contribution is -2.29. The number of methoxy groups -OCH3 is 1. The molecule has 23 heavy (non-hydrogen) atoms. The monoisotopic (exact) mass is 314 g/mol. The van der Waals surface area contributed by atoms with Gasteiger partial charge in [-0.3, -0.25) is 5.32 Å². The number of ether oxygens (including phenoxy) is 2. The molecule has 0 aliphatic carbocycles. The fourth-order valence-corrected chi connectivity index (χ4v) is 1.91. The third kappa shape index (κ3) is 5.03. The van der Waals surface area contributed by atoms with Crippen LogP contribution in [0, 0.1) is 0 Å². The minimum absolute atomic E-state index is 0.337. The summed E-state index contributed by atoms with van der Waals surface area (Å²) in [5.74, 6) is 0.337. The van der Waals surface area contributed by atoms with Crippen molar-refractivity contribution in [2.75, 3.05) is 19.5 Å².